The van der Waals surface area contributed by atoms with E-state index in [2.05, 4.69) is 5.32 Å². The zero-order valence-corrected chi connectivity index (χ0v) is 9.60. The molecule has 1 heterocycles. The summed E-state index contributed by atoms with van der Waals surface area (Å²) in [5.41, 5.74) is 1.29. The van der Waals surface area contributed by atoms with Crippen LogP contribution in [0, 0.1) is 0 Å². The molecule has 1 aromatic heterocycles. The maximum Gasteiger partial charge on any atom is 0.305 e. The first-order valence-electron chi connectivity index (χ1n) is 5.28. The van der Waals surface area contributed by atoms with Crippen molar-refractivity contribution in [1.29, 1.82) is 0 Å². The van der Waals surface area contributed by atoms with Crippen LogP contribution in [0.4, 0.5) is 0 Å². The molecule has 1 amide bonds. The largest absolute Gasteiger partial charge is 0.481 e. The number of carbonyl (C=O) groups excluding carboxylic acids is 1. The van der Waals surface area contributed by atoms with E-state index in [9.17, 15) is 9.59 Å². The highest BCUT2D eigenvalue weighted by atomic mass is 32.1. The van der Waals surface area contributed by atoms with Crippen molar-refractivity contribution in [2.45, 2.75) is 25.7 Å². The molecule has 1 aromatic rings. The highest BCUT2D eigenvalue weighted by Gasteiger charge is 2.18. The van der Waals surface area contributed by atoms with Crippen LogP contribution < -0.4 is 5.32 Å². The molecule has 2 rings (SSSR count). The molecule has 0 spiro atoms. The van der Waals surface area contributed by atoms with Gasteiger partial charge in [-0.3, -0.25) is 9.59 Å². The van der Waals surface area contributed by atoms with E-state index in [1.54, 1.807) is 0 Å². The summed E-state index contributed by atoms with van der Waals surface area (Å²) >= 11 is 1.53. The Hall–Kier alpha value is -1.36. The molecular weight excluding hydrogens is 226 g/mol. The second-order valence-electron chi connectivity index (χ2n) is 3.81. The van der Waals surface area contributed by atoms with Gasteiger partial charge in [-0.15, -0.1) is 11.3 Å². The Morgan fingerprint density at radius 1 is 1.44 bits per heavy atom. The standard InChI is InChI=1S/C11H13NO3S/c13-10(14)4-5-12-11(15)9-6-7-2-1-3-8(7)16-9/h6H,1-5H2,(H,12,15)(H,13,14). The molecule has 0 atom stereocenters. The van der Waals surface area contributed by atoms with E-state index < -0.39 is 5.97 Å². The number of carbonyl (C=O) groups is 2. The van der Waals surface area contributed by atoms with E-state index in [1.165, 1.54) is 28.2 Å². The van der Waals surface area contributed by atoms with Gasteiger partial charge in [0.05, 0.1) is 11.3 Å². The van der Waals surface area contributed by atoms with E-state index in [1.807, 2.05) is 6.07 Å². The molecule has 0 radical (unpaired) electrons. The molecule has 0 bridgehead atoms. The number of hydrogen-bond acceptors (Lipinski definition) is 3. The van der Waals surface area contributed by atoms with E-state index >= 15 is 0 Å². The van der Waals surface area contributed by atoms with E-state index in [0.29, 0.717) is 4.88 Å². The van der Waals surface area contributed by atoms with Crippen molar-refractivity contribution >= 4 is 23.2 Å². The summed E-state index contributed by atoms with van der Waals surface area (Å²) in [4.78, 5) is 23.9. The Balaban J connectivity index is 1.91. The molecule has 1 aliphatic carbocycles. The number of aryl methyl sites for hydroxylation is 2. The van der Waals surface area contributed by atoms with Crippen LogP contribution in [0.2, 0.25) is 0 Å². The minimum Gasteiger partial charge on any atom is -0.481 e. The first-order chi connectivity index (χ1) is 7.66. The third-order valence-electron chi connectivity index (χ3n) is 2.59. The van der Waals surface area contributed by atoms with Crippen molar-refractivity contribution in [3.05, 3.63) is 21.4 Å². The summed E-state index contributed by atoms with van der Waals surface area (Å²) in [6.07, 6.45) is 3.29. The summed E-state index contributed by atoms with van der Waals surface area (Å²) in [6, 6.07) is 1.93. The van der Waals surface area contributed by atoms with Gasteiger partial charge >= 0.3 is 5.97 Å². The van der Waals surface area contributed by atoms with Crippen LogP contribution in [0.5, 0.6) is 0 Å². The smallest absolute Gasteiger partial charge is 0.305 e. The SMILES string of the molecule is O=C(O)CCNC(=O)c1cc2c(s1)CCC2. The molecule has 0 saturated carbocycles. The maximum absolute atomic E-state index is 11.6. The number of carboxylic acids is 1. The summed E-state index contributed by atoms with van der Waals surface area (Å²) < 4.78 is 0. The molecule has 0 unspecified atom stereocenters. The van der Waals surface area contributed by atoms with Gasteiger partial charge in [-0.2, -0.15) is 0 Å². The van der Waals surface area contributed by atoms with Crippen LogP contribution in [0.15, 0.2) is 6.07 Å². The zero-order chi connectivity index (χ0) is 11.5. The third kappa shape index (κ3) is 2.41. The number of carboxylic acid groups (broad SMARTS) is 1. The maximum atomic E-state index is 11.6. The number of fused-ring (bicyclic) bond motifs is 1. The molecule has 1 aliphatic rings. The summed E-state index contributed by atoms with van der Waals surface area (Å²) in [7, 11) is 0. The van der Waals surface area contributed by atoms with Crippen molar-refractivity contribution in [3.8, 4) is 0 Å². The number of rotatable bonds is 4. The van der Waals surface area contributed by atoms with Crippen molar-refractivity contribution in [1.82, 2.24) is 5.32 Å². The minimum absolute atomic E-state index is 0.0309. The Labute approximate surface area is 97.3 Å². The van der Waals surface area contributed by atoms with Crippen molar-refractivity contribution in [2.24, 2.45) is 0 Å². The molecule has 0 saturated heterocycles. The summed E-state index contributed by atoms with van der Waals surface area (Å²) in [5.74, 6) is -1.05. The van der Waals surface area contributed by atoms with Crippen molar-refractivity contribution < 1.29 is 14.7 Å². The fourth-order valence-corrected chi connectivity index (χ4v) is 2.98. The van der Waals surface area contributed by atoms with Gasteiger partial charge in [0.25, 0.3) is 5.91 Å². The zero-order valence-electron chi connectivity index (χ0n) is 8.78. The fraction of sp³-hybridized carbons (Fsp3) is 0.455. The average Bonchev–Trinajstić information content (AvgIpc) is 2.75. The lowest BCUT2D eigenvalue weighted by Crippen LogP contribution is -2.25. The first-order valence-corrected chi connectivity index (χ1v) is 6.10. The van der Waals surface area contributed by atoms with Crippen LogP contribution in [0.25, 0.3) is 0 Å². The lowest BCUT2D eigenvalue weighted by Gasteiger charge is -2.00. The quantitative estimate of drug-likeness (QED) is 0.835. The Morgan fingerprint density at radius 3 is 2.94 bits per heavy atom. The lowest BCUT2D eigenvalue weighted by molar-refractivity contribution is -0.136. The predicted octanol–water partition coefficient (Wildman–Crippen LogP) is 1.44. The third-order valence-corrected chi connectivity index (χ3v) is 3.83. The van der Waals surface area contributed by atoms with Gasteiger partial charge in [0.2, 0.25) is 0 Å². The Bertz CT molecular complexity index is 403. The van der Waals surface area contributed by atoms with Crippen molar-refractivity contribution in [3.63, 3.8) is 0 Å². The molecule has 0 fully saturated rings. The number of aliphatic carboxylic acids is 1. The molecule has 0 aromatic carbocycles. The van der Waals surface area contributed by atoms with Crippen LogP contribution in [0.1, 0.15) is 33.0 Å². The van der Waals surface area contributed by atoms with Gasteiger partial charge in [-0.1, -0.05) is 0 Å². The first kappa shape index (κ1) is 11.1. The van der Waals surface area contributed by atoms with Gasteiger partial charge in [-0.05, 0) is 30.9 Å². The molecule has 86 valence electrons. The molecule has 0 aliphatic heterocycles. The second kappa shape index (κ2) is 4.65. The highest BCUT2D eigenvalue weighted by molar-refractivity contribution is 7.14. The van der Waals surface area contributed by atoms with E-state index in [4.69, 9.17) is 5.11 Å². The Kier molecular flexibility index (Phi) is 3.24. The van der Waals surface area contributed by atoms with Crippen LogP contribution in [-0.2, 0) is 17.6 Å². The van der Waals surface area contributed by atoms with Gasteiger partial charge < -0.3 is 10.4 Å². The number of nitrogens with one attached hydrogen (secondary N) is 1. The van der Waals surface area contributed by atoms with E-state index in [0.717, 1.165) is 12.8 Å². The normalized spacial score (nSPS) is 13.5. The summed E-state index contributed by atoms with van der Waals surface area (Å²) in [6.45, 7) is 0.191. The predicted molar refractivity (Wildman–Crippen MR) is 60.9 cm³/mol. The Morgan fingerprint density at radius 2 is 2.25 bits per heavy atom. The number of amides is 1. The molecule has 2 N–H and O–H groups in total. The van der Waals surface area contributed by atoms with Gasteiger partial charge in [0.1, 0.15) is 0 Å². The monoisotopic (exact) mass is 239 g/mol. The number of thiophene rings is 1. The molecular formula is C11H13NO3S. The molecule has 5 heteroatoms. The number of hydrogen-bond donors (Lipinski definition) is 2. The van der Waals surface area contributed by atoms with Crippen LogP contribution >= 0.6 is 11.3 Å². The summed E-state index contributed by atoms with van der Waals surface area (Å²) in [5, 5.41) is 11.1. The topological polar surface area (TPSA) is 66.4 Å². The van der Waals surface area contributed by atoms with E-state index in [-0.39, 0.29) is 18.9 Å². The van der Waals surface area contributed by atoms with Crippen LogP contribution in [-0.4, -0.2) is 23.5 Å². The van der Waals surface area contributed by atoms with Crippen molar-refractivity contribution in [2.75, 3.05) is 6.54 Å². The van der Waals surface area contributed by atoms with Gasteiger partial charge in [0, 0.05) is 11.4 Å². The minimum atomic E-state index is -0.894. The molecule has 16 heavy (non-hydrogen) atoms. The second-order valence-corrected chi connectivity index (χ2v) is 4.95. The molecule has 4 nitrogen and oxygen atoms in total. The average molecular weight is 239 g/mol. The lowest BCUT2D eigenvalue weighted by atomic mass is 10.2. The van der Waals surface area contributed by atoms with Gasteiger partial charge in [0.15, 0.2) is 0 Å². The fourth-order valence-electron chi connectivity index (χ4n) is 1.81. The van der Waals surface area contributed by atoms with Crippen LogP contribution in [0.3, 0.4) is 0 Å². The van der Waals surface area contributed by atoms with Gasteiger partial charge in [-0.25, -0.2) is 0 Å². The highest BCUT2D eigenvalue weighted by Crippen LogP contribution is 2.30.